The quantitative estimate of drug-likeness (QED) is 0.238. The van der Waals surface area contributed by atoms with Gasteiger partial charge in [-0.3, -0.25) is 14.4 Å². The fourth-order valence-corrected chi connectivity index (χ4v) is 5.29. The zero-order valence-electron chi connectivity index (χ0n) is 22.4. The Morgan fingerprint density at radius 2 is 1.85 bits per heavy atom. The number of ketones is 2. The van der Waals surface area contributed by atoms with Crippen molar-refractivity contribution in [3.8, 4) is 6.07 Å². The van der Waals surface area contributed by atoms with Gasteiger partial charge in [-0.05, 0) is 48.6 Å². The number of likely N-dealkylation sites (tertiary alicyclic amines) is 1. The molecular weight excluding hydrogens is 500 g/mol. The highest BCUT2D eigenvalue weighted by Gasteiger charge is 2.24. The normalized spacial score (nSPS) is 13.9. The smallest absolute Gasteiger partial charge is 0.222 e. The van der Waals surface area contributed by atoms with E-state index in [1.165, 1.54) is 0 Å². The minimum atomic E-state index is -0.534. The number of H-pyrrole nitrogens is 1. The molecule has 1 amide bonds. The summed E-state index contributed by atoms with van der Waals surface area (Å²) in [5.41, 5.74) is 4.50. The van der Waals surface area contributed by atoms with E-state index in [0.717, 1.165) is 35.0 Å². The summed E-state index contributed by atoms with van der Waals surface area (Å²) in [6.07, 6.45) is 4.96. The Morgan fingerprint density at radius 3 is 2.58 bits per heavy atom. The summed E-state index contributed by atoms with van der Waals surface area (Å²) in [7, 11) is 0. The molecule has 1 fully saturated rings. The largest absolute Gasteiger partial charge is 0.360 e. The van der Waals surface area contributed by atoms with Gasteiger partial charge in [-0.1, -0.05) is 54.6 Å². The molecule has 0 bridgehead atoms. The van der Waals surface area contributed by atoms with Gasteiger partial charge in [-0.25, -0.2) is 0 Å². The third-order valence-electron chi connectivity index (χ3n) is 7.51. The molecule has 5 rings (SSSR count). The maximum absolute atomic E-state index is 13.8. The number of nitrogens with one attached hydrogen (secondary N) is 2. The van der Waals surface area contributed by atoms with Crippen molar-refractivity contribution in [1.82, 2.24) is 15.2 Å². The molecule has 1 atom stereocenters. The molecule has 3 aromatic carbocycles. The van der Waals surface area contributed by atoms with Gasteiger partial charge in [0.15, 0.2) is 11.6 Å². The van der Waals surface area contributed by atoms with E-state index in [2.05, 4.69) is 16.4 Å². The zero-order valence-corrected chi connectivity index (χ0v) is 22.4. The lowest BCUT2D eigenvalue weighted by Gasteiger charge is -2.18. The van der Waals surface area contributed by atoms with Crippen molar-refractivity contribution in [2.75, 3.05) is 19.6 Å². The highest BCUT2D eigenvalue weighted by Crippen LogP contribution is 2.26. The molecule has 1 aliphatic heterocycles. The monoisotopic (exact) mass is 532 g/mol. The van der Waals surface area contributed by atoms with Crippen LogP contribution in [-0.2, 0) is 11.2 Å². The number of nitriles is 1. The molecule has 0 radical (unpaired) electrons. The van der Waals surface area contributed by atoms with Crippen molar-refractivity contribution in [2.24, 2.45) is 0 Å². The summed E-state index contributed by atoms with van der Waals surface area (Å²) >= 11 is 0. The molecule has 0 aliphatic carbocycles. The minimum absolute atomic E-state index is 0.0302. The first-order valence-corrected chi connectivity index (χ1v) is 13.8. The Bertz CT molecular complexity index is 1550. The van der Waals surface area contributed by atoms with Crippen LogP contribution < -0.4 is 5.32 Å². The molecule has 0 spiro atoms. The number of benzene rings is 3. The van der Waals surface area contributed by atoms with Crippen LogP contribution in [0.4, 0.5) is 0 Å². The number of nitrogens with zero attached hydrogens (tertiary/aromatic N) is 2. The molecule has 1 aliphatic rings. The third-order valence-corrected chi connectivity index (χ3v) is 7.51. The van der Waals surface area contributed by atoms with Gasteiger partial charge in [-0.15, -0.1) is 0 Å². The van der Waals surface area contributed by atoms with E-state index in [9.17, 15) is 14.4 Å². The molecule has 0 saturated carbocycles. The molecule has 202 valence electrons. The summed E-state index contributed by atoms with van der Waals surface area (Å²) in [5.74, 6) is 0.157. The predicted octanol–water partition coefficient (Wildman–Crippen LogP) is 5.38. The van der Waals surface area contributed by atoms with Gasteiger partial charge in [0.2, 0.25) is 5.91 Å². The van der Waals surface area contributed by atoms with Crippen LogP contribution in [0.3, 0.4) is 0 Å². The van der Waals surface area contributed by atoms with E-state index in [-0.39, 0.29) is 17.5 Å². The van der Waals surface area contributed by atoms with Crippen LogP contribution in [0, 0.1) is 11.3 Å². The van der Waals surface area contributed by atoms with E-state index in [4.69, 9.17) is 5.26 Å². The number of Topliss-reactive ketones (excluding diaryl/α,β-unsaturated/α-hetero) is 2. The molecule has 1 unspecified atom stereocenters. The van der Waals surface area contributed by atoms with Crippen LogP contribution in [0.5, 0.6) is 0 Å². The van der Waals surface area contributed by atoms with E-state index in [1.54, 1.807) is 24.4 Å². The van der Waals surface area contributed by atoms with E-state index in [1.807, 2.05) is 59.5 Å². The van der Waals surface area contributed by atoms with Crippen molar-refractivity contribution < 1.29 is 14.4 Å². The predicted molar refractivity (Wildman–Crippen MR) is 154 cm³/mol. The first kappa shape index (κ1) is 27.0. The second-order valence-corrected chi connectivity index (χ2v) is 10.2. The van der Waals surface area contributed by atoms with Gasteiger partial charge >= 0.3 is 0 Å². The fraction of sp³-hybridized carbons (Fsp3) is 0.273. The van der Waals surface area contributed by atoms with Crippen molar-refractivity contribution in [3.05, 3.63) is 107 Å². The topological polar surface area (TPSA) is 106 Å². The van der Waals surface area contributed by atoms with Crippen LogP contribution in [0.2, 0.25) is 0 Å². The number of amides is 1. The van der Waals surface area contributed by atoms with Crippen LogP contribution in [0.1, 0.15) is 69.1 Å². The first-order chi connectivity index (χ1) is 19.5. The summed E-state index contributed by atoms with van der Waals surface area (Å²) in [6, 6.07) is 24.2. The summed E-state index contributed by atoms with van der Waals surface area (Å²) in [4.78, 5) is 43.5. The molecule has 2 N–H and O–H groups in total. The Morgan fingerprint density at radius 1 is 1.05 bits per heavy atom. The maximum Gasteiger partial charge on any atom is 0.222 e. The van der Waals surface area contributed by atoms with Gasteiger partial charge < -0.3 is 15.2 Å². The molecule has 7 nitrogen and oxygen atoms in total. The highest BCUT2D eigenvalue weighted by molar-refractivity contribution is 6.11. The van der Waals surface area contributed by atoms with Crippen LogP contribution in [-0.4, -0.2) is 47.0 Å². The standard InChI is InChI=1S/C33H32N4O3/c34-21-24-12-10-23(11-13-24)16-17-35-32(25-6-2-1-3-7-25)33(40)28-22-36-29-20-26(14-15-27(28)29)30(38)8-4-18-37-19-5-9-31(37)39/h1-3,6-7,10-15,20,22,32,35-36H,4-5,8-9,16-19H2. The molecule has 1 aromatic heterocycles. The van der Waals surface area contributed by atoms with E-state index in [0.29, 0.717) is 55.5 Å². The minimum Gasteiger partial charge on any atom is -0.360 e. The van der Waals surface area contributed by atoms with Gasteiger partial charge in [-0.2, -0.15) is 5.26 Å². The number of aromatic nitrogens is 1. The first-order valence-electron chi connectivity index (χ1n) is 13.8. The van der Waals surface area contributed by atoms with Crippen LogP contribution in [0.25, 0.3) is 10.9 Å². The molecule has 1 saturated heterocycles. The zero-order chi connectivity index (χ0) is 27.9. The molecular formula is C33H32N4O3. The van der Waals surface area contributed by atoms with Crippen molar-refractivity contribution in [1.29, 1.82) is 5.26 Å². The lowest BCUT2D eigenvalue weighted by Crippen LogP contribution is -2.30. The van der Waals surface area contributed by atoms with Gasteiger partial charge in [0.1, 0.15) is 0 Å². The lowest BCUT2D eigenvalue weighted by molar-refractivity contribution is -0.127. The molecule has 40 heavy (non-hydrogen) atoms. The van der Waals surface area contributed by atoms with E-state index >= 15 is 0 Å². The number of carbonyl (C=O) groups excluding carboxylic acids is 3. The summed E-state index contributed by atoms with van der Waals surface area (Å²) < 4.78 is 0. The SMILES string of the molecule is N#Cc1ccc(CCNC(C(=O)c2c[nH]c3cc(C(=O)CCCN4CCCC4=O)ccc23)c2ccccc2)cc1. The molecule has 2 heterocycles. The second-order valence-electron chi connectivity index (χ2n) is 10.2. The van der Waals surface area contributed by atoms with Gasteiger partial charge in [0.25, 0.3) is 0 Å². The number of aromatic amines is 1. The van der Waals surface area contributed by atoms with Crippen LogP contribution in [0.15, 0.2) is 79.0 Å². The third kappa shape index (κ3) is 6.19. The Balaban J connectivity index is 1.27. The van der Waals surface area contributed by atoms with E-state index < -0.39 is 6.04 Å². The van der Waals surface area contributed by atoms with Gasteiger partial charge in [0.05, 0.1) is 17.7 Å². The van der Waals surface area contributed by atoms with Crippen molar-refractivity contribution >= 4 is 28.4 Å². The summed E-state index contributed by atoms with van der Waals surface area (Å²) in [6.45, 7) is 1.99. The average Bonchev–Trinajstić information content (AvgIpc) is 3.61. The fourth-order valence-electron chi connectivity index (χ4n) is 5.29. The summed E-state index contributed by atoms with van der Waals surface area (Å²) in [5, 5.41) is 13.2. The highest BCUT2D eigenvalue weighted by atomic mass is 16.2. The Hall–Kier alpha value is -4.54. The Labute approximate surface area is 233 Å². The second kappa shape index (κ2) is 12.5. The maximum atomic E-state index is 13.8. The molecule has 4 aromatic rings. The Kier molecular flexibility index (Phi) is 8.48. The van der Waals surface area contributed by atoms with Crippen molar-refractivity contribution in [3.63, 3.8) is 0 Å². The average molecular weight is 533 g/mol. The van der Waals surface area contributed by atoms with Crippen LogP contribution >= 0.6 is 0 Å². The molecule has 7 heteroatoms. The van der Waals surface area contributed by atoms with Gasteiger partial charge in [0, 0.05) is 60.7 Å². The number of rotatable bonds is 12. The number of hydrogen-bond acceptors (Lipinski definition) is 5. The number of hydrogen-bond donors (Lipinski definition) is 2. The van der Waals surface area contributed by atoms with Crippen molar-refractivity contribution in [2.45, 2.75) is 38.1 Å². The number of fused-ring (bicyclic) bond motifs is 1. The lowest BCUT2D eigenvalue weighted by atomic mass is 9.96. The number of carbonyl (C=O) groups is 3.